The third-order valence-electron chi connectivity index (χ3n) is 4.25. The number of aromatic hydroxyl groups is 1. The number of hydrogen-bond donors (Lipinski definition) is 2. The molecule has 8 heteroatoms. The van der Waals surface area contributed by atoms with Gasteiger partial charge in [0.15, 0.2) is 0 Å². The standard InChI is InChI=1S/C21H19BrN2O5/c1-2-3-10-29-15-7-5-14(6-8-15)24-20(27)16(19(26)23-21(24)28)11-13-4-9-18(25)17(22)12-13/h4-9,11-12,25H,2-3,10H2,1H3,(H,23,26,28)/b16-11-. The van der Waals surface area contributed by atoms with Gasteiger partial charge in [-0.2, -0.15) is 0 Å². The maximum absolute atomic E-state index is 12.9. The molecule has 0 bridgehead atoms. The van der Waals surface area contributed by atoms with Gasteiger partial charge in [-0.05, 0) is 70.4 Å². The number of phenolic OH excluding ortho intramolecular Hbond substituents is 1. The van der Waals surface area contributed by atoms with E-state index in [1.807, 2.05) is 0 Å². The number of urea groups is 1. The number of hydrogen-bond acceptors (Lipinski definition) is 5. The maximum Gasteiger partial charge on any atom is 0.335 e. The van der Waals surface area contributed by atoms with Crippen molar-refractivity contribution in [1.29, 1.82) is 0 Å². The number of carbonyl (C=O) groups is 3. The summed E-state index contributed by atoms with van der Waals surface area (Å²) in [6.07, 6.45) is 3.31. The lowest BCUT2D eigenvalue weighted by molar-refractivity contribution is -0.122. The minimum atomic E-state index is -0.816. The van der Waals surface area contributed by atoms with Gasteiger partial charge in [0.25, 0.3) is 11.8 Å². The van der Waals surface area contributed by atoms with Crippen molar-refractivity contribution >= 4 is 45.5 Å². The van der Waals surface area contributed by atoms with Gasteiger partial charge in [-0.15, -0.1) is 0 Å². The zero-order chi connectivity index (χ0) is 21.0. The second-order valence-corrected chi connectivity index (χ2v) is 7.22. The molecular formula is C21H19BrN2O5. The summed E-state index contributed by atoms with van der Waals surface area (Å²) in [4.78, 5) is 38.3. The minimum absolute atomic E-state index is 0.0321. The molecule has 0 unspecified atom stereocenters. The molecule has 29 heavy (non-hydrogen) atoms. The van der Waals surface area contributed by atoms with Crippen LogP contribution < -0.4 is 15.0 Å². The Morgan fingerprint density at radius 1 is 1.14 bits per heavy atom. The number of rotatable bonds is 6. The Morgan fingerprint density at radius 2 is 1.86 bits per heavy atom. The molecule has 1 saturated heterocycles. The predicted octanol–water partition coefficient (Wildman–Crippen LogP) is 4.00. The molecule has 1 aliphatic rings. The van der Waals surface area contributed by atoms with Crippen molar-refractivity contribution in [3.05, 3.63) is 58.1 Å². The summed E-state index contributed by atoms with van der Waals surface area (Å²) in [5, 5.41) is 11.8. The molecule has 0 spiro atoms. The second kappa shape index (κ2) is 8.91. The molecule has 0 atom stereocenters. The lowest BCUT2D eigenvalue weighted by Gasteiger charge is -2.26. The SMILES string of the molecule is CCCCOc1ccc(N2C(=O)NC(=O)/C(=C/c3ccc(O)c(Br)c3)C2=O)cc1. The van der Waals surface area contributed by atoms with Crippen molar-refractivity contribution in [1.82, 2.24) is 5.32 Å². The fourth-order valence-corrected chi connectivity index (χ4v) is 3.09. The predicted molar refractivity (Wildman–Crippen MR) is 112 cm³/mol. The van der Waals surface area contributed by atoms with Crippen molar-refractivity contribution in [2.75, 3.05) is 11.5 Å². The van der Waals surface area contributed by atoms with Crippen molar-refractivity contribution in [2.45, 2.75) is 19.8 Å². The zero-order valence-corrected chi connectivity index (χ0v) is 17.2. The first-order chi connectivity index (χ1) is 13.9. The lowest BCUT2D eigenvalue weighted by atomic mass is 10.1. The van der Waals surface area contributed by atoms with E-state index in [2.05, 4.69) is 28.2 Å². The summed E-state index contributed by atoms with van der Waals surface area (Å²) in [5.41, 5.74) is 0.647. The fourth-order valence-electron chi connectivity index (χ4n) is 2.70. The van der Waals surface area contributed by atoms with Crippen LogP contribution in [0.1, 0.15) is 25.3 Å². The third-order valence-corrected chi connectivity index (χ3v) is 4.88. The monoisotopic (exact) mass is 458 g/mol. The molecule has 1 aliphatic heterocycles. The molecule has 3 rings (SSSR count). The number of imide groups is 2. The largest absolute Gasteiger partial charge is 0.507 e. The first-order valence-corrected chi connectivity index (χ1v) is 9.83. The van der Waals surface area contributed by atoms with Gasteiger partial charge < -0.3 is 9.84 Å². The molecule has 0 aliphatic carbocycles. The molecule has 0 radical (unpaired) electrons. The molecule has 7 nitrogen and oxygen atoms in total. The van der Waals surface area contributed by atoms with E-state index < -0.39 is 17.8 Å². The first-order valence-electron chi connectivity index (χ1n) is 9.03. The molecule has 0 saturated carbocycles. The van der Waals surface area contributed by atoms with Gasteiger partial charge in [0.2, 0.25) is 0 Å². The number of benzene rings is 2. The zero-order valence-electron chi connectivity index (χ0n) is 15.6. The van der Waals surface area contributed by atoms with Crippen LogP contribution in [0.5, 0.6) is 11.5 Å². The Balaban J connectivity index is 1.86. The maximum atomic E-state index is 12.9. The van der Waals surface area contributed by atoms with Crippen LogP contribution in [0, 0.1) is 0 Å². The fraction of sp³-hybridized carbons (Fsp3) is 0.190. The van der Waals surface area contributed by atoms with Crippen molar-refractivity contribution in [3.8, 4) is 11.5 Å². The molecule has 2 aromatic carbocycles. The highest BCUT2D eigenvalue weighted by Gasteiger charge is 2.36. The molecule has 2 aromatic rings. The molecule has 1 fully saturated rings. The highest BCUT2D eigenvalue weighted by atomic mass is 79.9. The number of carbonyl (C=O) groups excluding carboxylic acids is 3. The summed E-state index contributed by atoms with van der Waals surface area (Å²) >= 11 is 3.19. The van der Waals surface area contributed by atoms with Gasteiger partial charge in [-0.1, -0.05) is 19.4 Å². The second-order valence-electron chi connectivity index (χ2n) is 6.36. The number of phenols is 1. The number of anilines is 1. The van der Waals surface area contributed by atoms with Crippen LogP contribution in [0.25, 0.3) is 6.08 Å². The number of unbranched alkanes of at least 4 members (excludes halogenated alkanes) is 1. The van der Waals surface area contributed by atoms with E-state index >= 15 is 0 Å². The molecular weight excluding hydrogens is 440 g/mol. The highest BCUT2D eigenvalue weighted by molar-refractivity contribution is 9.10. The number of nitrogens with one attached hydrogen (secondary N) is 1. The van der Waals surface area contributed by atoms with Crippen LogP contribution in [0.2, 0.25) is 0 Å². The summed E-state index contributed by atoms with van der Waals surface area (Å²) < 4.78 is 6.00. The average Bonchev–Trinajstić information content (AvgIpc) is 2.69. The Hall–Kier alpha value is -3.13. The van der Waals surface area contributed by atoms with Gasteiger partial charge in [-0.3, -0.25) is 14.9 Å². The molecule has 1 heterocycles. The van der Waals surface area contributed by atoms with Crippen LogP contribution in [0.3, 0.4) is 0 Å². The molecule has 150 valence electrons. The lowest BCUT2D eigenvalue weighted by Crippen LogP contribution is -2.54. The number of halogens is 1. The molecule has 4 amide bonds. The first kappa shape index (κ1) is 20.6. The van der Waals surface area contributed by atoms with Gasteiger partial charge >= 0.3 is 6.03 Å². The van der Waals surface area contributed by atoms with E-state index in [4.69, 9.17) is 4.74 Å². The minimum Gasteiger partial charge on any atom is -0.507 e. The van der Waals surface area contributed by atoms with Gasteiger partial charge in [0, 0.05) is 0 Å². The Bertz CT molecular complexity index is 985. The van der Waals surface area contributed by atoms with Gasteiger partial charge in [0.1, 0.15) is 17.1 Å². The smallest absolute Gasteiger partial charge is 0.335 e. The molecule has 2 N–H and O–H groups in total. The number of nitrogens with zero attached hydrogens (tertiary/aromatic N) is 1. The van der Waals surface area contributed by atoms with Crippen LogP contribution >= 0.6 is 15.9 Å². The van der Waals surface area contributed by atoms with Gasteiger partial charge in [0.05, 0.1) is 16.8 Å². The van der Waals surface area contributed by atoms with E-state index in [1.54, 1.807) is 36.4 Å². The van der Waals surface area contributed by atoms with Crippen molar-refractivity contribution < 1.29 is 24.2 Å². The highest BCUT2D eigenvalue weighted by Crippen LogP contribution is 2.27. The van der Waals surface area contributed by atoms with Crippen LogP contribution in [-0.4, -0.2) is 29.6 Å². The summed E-state index contributed by atoms with van der Waals surface area (Å²) in [5.74, 6) is -0.847. The summed E-state index contributed by atoms with van der Waals surface area (Å²) in [6.45, 7) is 2.65. The quantitative estimate of drug-likeness (QED) is 0.387. The summed E-state index contributed by atoms with van der Waals surface area (Å²) in [6, 6.07) is 10.2. The van der Waals surface area contributed by atoms with E-state index in [0.717, 1.165) is 17.7 Å². The summed E-state index contributed by atoms with van der Waals surface area (Å²) in [7, 11) is 0. The van der Waals surface area contributed by atoms with Crippen LogP contribution in [0.4, 0.5) is 10.5 Å². The molecule has 0 aromatic heterocycles. The number of barbiturate groups is 1. The third kappa shape index (κ3) is 4.65. The van der Waals surface area contributed by atoms with Crippen molar-refractivity contribution in [2.24, 2.45) is 0 Å². The van der Waals surface area contributed by atoms with Crippen molar-refractivity contribution in [3.63, 3.8) is 0 Å². The Labute approximate surface area is 176 Å². The van der Waals surface area contributed by atoms with Gasteiger partial charge in [-0.25, -0.2) is 9.69 Å². The van der Waals surface area contributed by atoms with Crippen LogP contribution in [-0.2, 0) is 9.59 Å². The van der Waals surface area contributed by atoms with E-state index in [-0.39, 0.29) is 11.3 Å². The number of amides is 4. The van der Waals surface area contributed by atoms with E-state index in [1.165, 1.54) is 12.1 Å². The number of ether oxygens (including phenoxy) is 1. The van der Waals surface area contributed by atoms with E-state index in [0.29, 0.717) is 28.1 Å². The van der Waals surface area contributed by atoms with E-state index in [9.17, 15) is 19.5 Å². The van der Waals surface area contributed by atoms with Crippen LogP contribution in [0.15, 0.2) is 52.5 Å². The average molecular weight is 459 g/mol. The Morgan fingerprint density at radius 3 is 2.52 bits per heavy atom. The topological polar surface area (TPSA) is 95.9 Å². The Kier molecular flexibility index (Phi) is 6.33. The normalized spacial score (nSPS) is 15.6.